The van der Waals surface area contributed by atoms with Gasteiger partial charge in [0.25, 0.3) is 0 Å². The zero-order valence-electron chi connectivity index (χ0n) is 9.37. The summed E-state index contributed by atoms with van der Waals surface area (Å²) in [5.41, 5.74) is 1.52. The molecule has 0 aliphatic rings. The molecule has 100 valence electrons. The maximum Gasteiger partial charge on any atom is 0.144 e. The van der Waals surface area contributed by atoms with E-state index in [1.165, 1.54) is 17.6 Å². The van der Waals surface area contributed by atoms with Crippen molar-refractivity contribution in [2.75, 3.05) is 0 Å². The van der Waals surface area contributed by atoms with Crippen molar-refractivity contribution in [1.29, 1.82) is 0 Å². The highest BCUT2D eigenvalue weighted by molar-refractivity contribution is 7.20. The molecule has 0 saturated heterocycles. The molecular weight excluding hydrogens is 348 g/mol. The Bertz CT molecular complexity index is 612. The van der Waals surface area contributed by atoms with Crippen LogP contribution in [-0.2, 0) is 11.4 Å². The van der Waals surface area contributed by atoms with Crippen LogP contribution in [-0.4, -0.2) is 6.21 Å². The van der Waals surface area contributed by atoms with Crippen molar-refractivity contribution in [2.24, 2.45) is 5.16 Å². The van der Waals surface area contributed by atoms with E-state index in [0.717, 1.165) is 11.1 Å². The summed E-state index contributed by atoms with van der Waals surface area (Å²) in [4.78, 5) is 5.14. The van der Waals surface area contributed by atoms with Gasteiger partial charge in [-0.25, -0.2) is 0 Å². The highest BCUT2D eigenvalue weighted by Gasteiger charge is 2.05. The lowest BCUT2D eigenvalue weighted by Crippen LogP contribution is -1.88. The molecule has 0 radical (unpaired) electrons. The molecule has 19 heavy (non-hydrogen) atoms. The molecule has 0 atom stereocenters. The third kappa shape index (κ3) is 4.26. The summed E-state index contributed by atoms with van der Waals surface area (Å²) in [7, 11) is 0. The Hall–Kier alpha value is -0.450. The maximum absolute atomic E-state index is 5.99. The number of oxime groups is 1. The largest absolute Gasteiger partial charge is 0.391 e. The first kappa shape index (κ1) is 14.9. The van der Waals surface area contributed by atoms with E-state index < -0.39 is 0 Å². The van der Waals surface area contributed by atoms with Crippen molar-refractivity contribution in [3.05, 3.63) is 54.1 Å². The Morgan fingerprint density at radius 1 is 1.16 bits per heavy atom. The lowest BCUT2D eigenvalue weighted by molar-refractivity contribution is 0.132. The van der Waals surface area contributed by atoms with Crippen LogP contribution in [0.2, 0.25) is 18.7 Å². The Balaban J connectivity index is 1.95. The second kappa shape index (κ2) is 6.82. The molecule has 0 N–H and O–H groups in total. The van der Waals surface area contributed by atoms with Crippen LogP contribution in [0, 0.1) is 0 Å². The molecule has 0 bridgehead atoms. The topological polar surface area (TPSA) is 21.6 Å². The van der Waals surface area contributed by atoms with Crippen LogP contribution >= 0.6 is 57.7 Å². The van der Waals surface area contributed by atoms with Crippen LogP contribution in [0.4, 0.5) is 0 Å². The summed E-state index contributed by atoms with van der Waals surface area (Å²) in [5.74, 6) is 0. The molecule has 2 aromatic rings. The minimum Gasteiger partial charge on any atom is -0.391 e. The molecule has 2 rings (SSSR count). The van der Waals surface area contributed by atoms with Crippen LogP contribution in [0.25, 0.3) is 0 Å². The first-order valence-electron chi connectivity index (χ1n) is 5.10. The number of nitrogens with zero attached hydrogens (tertiary/aromatic N) is 1. The third-order valence-electron chi connectivity index (χ3n) is 2.18. The number of rotatable bonds is 4. The highest BCUT2D eigenvalue weighted by atomic mass is 35.5. The summed E-state index contributed by atoms with van der Waals surface area (Å²) in [6.45, 7) is 0.254. The van der Waals surface area contributed by atoms with Crippen molar-refractivity contribution in [3.8, 4) is 0 Å². The second-order valence-electron chi connectivity index (χ2n) is 3.52. The Kier molecular flexibility index (Phi) is 5.37. The molecule has 1 aromatic heterocycles. The van der Waals surface area contributed by atoms with Gasteiger partial charge in [-0.15, -0.1) is 11.3 Å². The first-order chi connectivity index (χ1) is 9.06. The van der Waals surface area contributed by atoms with Gasteiger partial charge >= 0.3 is 0 Å². The van der Waals surface area contributed by atoms with E-state index in [4.69, 9.17) is 51.2 Å². The fourth-order valence-electron chi connectivity index (χ4n) is 1.28. The molecule has 0 saturated carbocycles. The zero-order valence-corrected chi connectivity index (χ0v) is 13.2. The minimum absolute atomic E-state index is 0.254. The van der Waals surface area contributed by atoms with E-state index in [-0.39, 0.29) is 6.61 Å². The standard InChI is InChI=1S/C12H7Cl4NOS/c13-9-2-1-7(10(14)4-9)5-17-18-6-8-3-11(15)19-12(8)16/h1-5H,6H2/b17-5+. The number of thiophene rings is 1. The average molecular weight is 355 g/mol. The summed E-state index contributed by atoms with van der Waals surface area (Å²) in [5, 5.41) is 4.91. The van der Waals surface area contributed by atoms with Gasteiger partial charge in [-0.3, -0.25) is 0 Å². The number of benzene rings is 1. The zero-order chi connectivity index (χ0) is 13.8. The number of hydrogen-bond donors (Lipinski definition) is 0. The molecule has 0 spiro atoms. The fraction of sp³-hybridized carbons (Fsp3) is 0.0833. The SMILES string of the molecule is Clc1ccc(/C=N/OCc2cc(Cl)sc2Cl)c(Cl)c1. The molecule has 0 fully saturated rings. The van der Waals surface area contributed by atoms with Gasteiger partial charge in [-0.2, -0.15) is 0 Å². The van der Waals surface area contributed by atoms with E-state index >= 15 is 0 Å². The van der Waals surface area contributed by atoms with Crippen molar-refractivity contribution in [1.82, 2.24) is 0 Å². The van der Waals surface area contributed by atoms with Crippen LogP contribution in [0.5, 0.6) is 0 Å². The summed E-state index contributed by atoms with van der Waals surface area (Å²) < 4.78 is 1.22. The lowest BCUT2D eigenvalue weighted by Gasteiger charge is -1.99. The Labute approximate surface area is 134 Å². The fourth-order valence-corrected chi connectivity index (χ4v) is 3.20. The third-order valence-corrected chi connectivity index (χ3v) is 4.31. The van der Waals surface area contributed by atoms with E-state index in [2.05, 4.69) is 5.16 Å². The predicted molar refractivity (Wildman–Crippen MR) is 83.2 cm³/mol. The minimum atomic E-state index is 0.254. The molecule has 7 heteroatoms. The monoisotopic (exact) mass is 353 g/mol. The smallest absolute Gasteiger partial charge is 0.144 e. The molecule has 0 aliphatic heterocycles. The number of halogens is 4. The lowest BCUT2D eigenvalue weighted by atomic mass is 10.2. The van der Waals surface area contributed by atoms with Gasteiger partial charge in [0.1, 0.15) is 10.9 Å². The summed E-state index contributed by atoms with van der Waals surface area (Å²) in [6, 6.07) is 6.87. The van der Waals surface area contributed by atoms with Crippen LogP contribution in [0.15, 0.2) is 29.4 Å². The van der Waals surface area contributed by atoms with Gasteiger partial charge in [0, 0.05) is 16.1 Å². The normalized spacial score (nSPS) is 11.2. The molecule has 0 amide bonds. The second-order valence-corrected chi connectivity index (χ2v) is 6.65. The predicted octanol–water partition coefficient (Wildman–Crippen LogP) is 5.91. The van der Waals surface area contributed by atoms with Gasteiger partial charge < -0.3 is 4.84 Å². The van der Waals surface area contributed by atoms with Crippen LogP contribution in [0.1, 0.15) is 11.1 Å². The molecule has 1 aromatic carbocycles. The Morgan fingerprint density at radius 2 is 1.95 bits per heavy atom. The molecule has 2 nitrogen and oxygen atoms in total. The van der Waals surface area contributed by atoms with E-state index in [9.17, 15) is 0 Å². The molecule has 0 unspecified atom stereocenters. The molecular formula is C12H7Cl4NOS. The molecule has 1 heterocycles. The highest BCUT2D eigenvalue weighted by Crippen LogP contribution is 2.31. The maximum atomic E-state index is 5.99. The Morgan fingerprint density at radius 3 is 2.58 bits per heavy atom. The van der Waals surface area contributed by atoms with Crippen molar-refractivity contribution in [2.45, 2.75) is 6.61 Å². The summed E-state index contributed by atoms with van der Waals surface area (Å²) in [6.07, 6.45) is 1.51. The van der Waals surface area contributed by atoms with E-state index in [1.807, 2.05) is 0 Å². The van der Waals surface area contributed by atoms with Crippen molar-refractivity contribution < 1.29 is 4.84 Å². The van der Waals surface area contributed by atoms with Gasteiger partial charge in [-0.1, -0.05) is 57.6 Å². The van der Waals surface area contributed by atoms with Gasteiger partial charge in [0.15, 0.2) is 0 Å². The van der Waals surface area contributed by atoms with Gasteiger partial charge in [0.05, 0.1) is 15.6 Å². The average Bonchev–Trinajstić information content (AvgIpc) is 2.65. The van der Waals surface area contributed by atoms with Gasteiger partial charge in [-0.05, 0) is 18.2 Å². The van der Waals surface area contributed by atoms with Crippen molar-refractivity contribution >= 4 is 64.0 Å². The van der Waals surface area contributed by atoms with Crippen molar-refractivity contribution in [3.63, 3.8) is 0 Å². The summed E-state index contributed by atoms with van der Waals surface area (Å²) >= 11 is 24.8. The van der Waals surface area contributed by atoms with Crippen LogP contribution in [0.3, 0.4) is 0 Å². The van der Waals surface area contributed by atoms with E-state index in [0.29, 0.717) is 18.7 Å². The number of hydrogen-bond acceptors (Lipinski definition) is 3. The quantitative estimate of drug-likeness (QED) is 0.493. The van der Waals surface area contributed by atoms with E-state index in [1.54, 1.807) is 24.3 Å². The first-order valence-corrected chi connectivity index (χ1v) is 7.43. The molecule has 0 aliphatic carbocycles. The van der Waals surface area contributed by atoms with Crippen LogP contribution < -0.4 is 0 Å². The van der Waals surface area contributed by atoms with Gasteiger partial charge in [0.2, 0.25) is 0 Å².